The van der Waals surface area contributed by atoms with Gasteiger partial charge in [0, 0.05) is 6.54 Å². The summed E-state index contributed by atoms with van der Waals surface area (Å²) in [6.07, 6.45) is 3.64. The van der Waals surface area contributed by atoms with Crippen molar-refractivity contribution in [3.05, 3.63) is 11.9 Å². The molecule has 0 radical (unpaired) electrons. The summed E-state index contributed by atoms with van der Waals surface area (Å²) in [6, 6.07) is 0. The maximum atomic E-state index is 5.94. The standard InChI is InChI=1S/C14H25N3O/c1-6-12-13(15-7-2)16-9-17-14(12)18-11(5)8-10(3)4/h9-11H,6-8H2,1-5H3,(H,15,16,17). The molecule has 1 N–H and O–H groups in total. The minimum absolute atomic E-state index is 0.180. The maximum Gasteiger partial charge on any atom is 0.222 e. The third-order valence-corrected chi connectivity index (χ3v) is 2.72. The van der Waals surface area contributed by atoms with Crippen molar-refractivity contribution < 1.29 is 4.74 Å². The second-order valence-electron chi connectivity index (χ2n) is 4.95. The molecule has 0 aromatic carbocycles. The molecule has 0 aliphatic heterocycles. The van der Waals surface area contributed by atoms with Gasteiger partial charge in [-0.3, -0.25) is 0 Å². The molecule has 1 heterocycles. The van der Waals surface area contributed by atoms with Gasteiger partial charge in [0.15, 0.2) is 0 Å². The Morgan fingerprint density at radius 3 is 2.50 bits per heavy atom. The van der Waals surface area contributed by atoms with Crippen LogP contribution in [-0.4, -0.2) is 22.6 Å². The van der Waals surface area contributed by atoms with E-state index in [-0.39, 0.29) is 6.10 Å². The van der Waals surface area contributed by atoms with Crippen LogP contribution in [0.4, 0.5) is 5.82 Å². The second kappa shape index (κ2) is 7.19. The molecule has 1 unspecified atom stereocenters. The Bertz CT molecular complexity index is 366. The van der Waals surface area contributed by atoms with E-state index in [0.717, 1.165) is 36.6 Å². The molecule has 102 valence electrons. The highest BCUT2D eigenvalue weighted by Gasteiger charge is 2.14. The number of ether oxygens (including phenoxy) is 1. The Labute approximate surface area is 110 Å². The monoisotopic (exact) mass is 251 g/mol. The SMILES string of the molecule is CCNc1ncnc(OC(C)CC(C)C)c1CC. The van der Waals surface area contributed by atoms with Gasteiger partial charge < -0.3 is 10.1 Å². The number of nitrogens with one attached hydrogen (secondary N) is 1. The number of aromatic nitrogens is 2. The summed E-state index contributed by atoms with van der Waals surface area (Å²) in [6.45, 7) is 11.5. The molecule has 4 nitrogen and oxygen atoms in total. The van der Waals surface area contributed by atoms with E-state index < -0.39 is 0 Å². The van der Waals surface area contributed by atoms with Gasteiger partial charge in [0.1, 0.15) is 12.1 Å². The zero-order valence-corrected chi connectivity index (χ0v) is 12.2. The van der Waals surface area contributed by atoms with Crippen molar-refractivity contribution in [3.8, 4) is 5.88 Å². The average molecular weight is 251 g/mol. The van der Waals surface area contributed by atoms with Crippen molar-refractivity contribution in [1.29, 1.82) is 0 Å². The van der Waals surface area contributed by atoms with E-state index in [0.29, 0.717) is 5.92 Å². The van der Waals surface area contributed by atoms with E-state index in [1.165, 1.54) is 0 Å². The summed E-state index contributed by atoms with van der Waals surface area (Å²) in [4.78, 5) is 8.53. The highest BCUT2D eigenvalue weighted by Crippen LogP contribution is 2.24. The fraction of sp³-hybridized carbons (Fsp3) is 0.714. The first-order valence-electron chi connectivity index (χ1n) is 6.82. The van der Waals surface area contributed by atoms with Crippen LogP contribution in [-0.2, 0) is 6.42 Å². The molecule has 0 saturated heterocycles. The Morgan fingerprint density at radius 2 is 1.94 bits per heavy atom. The maximum absolute atomic E-state index is 5.94. The van der Waals surface area contributed by atoms with Crippen LogP contribution in [0.3, 0.4) is 0 Å². The van der Waals surface area contributed by atoms with Gasteiger partial charge in [-0.15, -0.1) is 0 Å². The lowest BCUT2D eigenvalue weighted by atomic mass is 10.1. The van der Waals surface area contributed by atoms with E-state index >= 15 is 0 Å². The minimum atomic E-state index is 0.180. The second-order valence-corrected chi connectivity index (χ2v) is 4.95. The molecule has 0 bridgehead atoms. The van der Waals surface area contributed by atoms with E-state index in [1.54, 1.807) is 6.33 Å². The van der Waals surface area contributed by atoms with Crippen LogP contribution < -0.4 is 10.1 Å². The van der Waals surface area contributed by atoms with Gasteiger partial charge in [0.2, 0.25) is 5.88 Å². The quantitative estimate of drug-likeness (QED) is 0.808. The van der Waals surface area contributed by atoms with Crippen LogP contribution in [0, 0.1) is 5.92 Å². The molecule has 4 heteroatoms. The van der Waals surface area contributed by atoms with Crippen molar-refractivity contribution in [2.45, 2.75) is 53.6 Å². The Kier molecular flexibility index (Phi) is 5.89. The predicted octanol–water partition coefficient (Wildman–Crippen LogP) is 3.28. The Morgan fingerprint density at radius 1 is 1.22 bits per heavy atom. The van der Waals surface area contributed by atoms with Crippen molar-refractivity contribution in [2.24, 2.45) is 5.92 Å². The third kappa shape index (κ3) is 4.17. The van der Waals surface area contributed by atoms with Crippen molar-refractivity contribution >= 4 is 5.82 Å². The van der Waals surface area contributed by atoms with Gasteiger partial charge in [-0.25, -0.2) is 9.97 Å². The minimum Gasteiger partial charge on any atom is -0.474 e. The third-order valence-electron chi connectivity index (χ3n) is 2.72. The van der Waals surface area contributed by atoms with Crippen LogP contribution in [0.15, 0.2) is 6.33 Å². The number of anilines is 1. The first-order chi connectivity index (χ1) is 8.58. The molecule has 0 fully saturated rings. The van der Waals surface area contributed by atoms with Crippen molar-refractivity contribution in [3.63, 3.8) is 0 Å². The van der Waals surface area contributed by atoms with E-state index in [2.05, 4.69) is 49.9 Å². The summed E-state index contributed by atoms with van der Waals surface area (Å²) < 4.78 is 5.94. The fourth-order valence-electron chi connectivity index (χ4n) is 2.04. The molecule has 0 saturated carbocycles. The summed E-state index contributed by atoms with van der Waals surface area (Å²) in [5.74, 6) is 2.23. The highest BCUT2D eigenvalue weighted by atomic mass is 16.5. The number of nitrogens with zero attached hydrogens (tertiary/aromatic N) is 2. The van der Waals surface area contributed by atoms with Gasteiger partial charge in [0.05, 0.1) is 11.7 Å². The van der Waals surface area contributed by atoms with E-state index in [1.807, 2.05) is 0 Å². The van der Waals surface area contributed by atoms with Gasteiger partial charge >= 0.3 is 0 Å². The number of hydrogen-bond acceptors (Lipinski definition) is 4. The molecule has 18 heavy (non-hydrogen) atoms. The summed E-state index contributed by atoms with van der Waals surface area (Å²) in [7, 11) is 0. The molecule has 0 aliphatic rings. The van der Waals surface area contributed by atoms with Gasteiger partial charge in [-0.2, -0.15) is 0 Å². The van der Waals surface area contributed by atoms with Crippen molar-refractivity contribution in [2.75, 3.05) is 11.9 Å². The summed E-state index contributed by atoms with van der Waals surface area (Å²) in [5.41, 5.74) is 1.06. The van der Waals surface area contributed by atoms with Crippen LogP contribution in [0.5, 0.6) is 5.88 Å². The lowest BCUT2D eigenvalue weighted by Gasteiger charge is -2.18. The zero-order valence-electron chi connectivity index (χ0n) is 12.2. The molecular formula is C14H25N3O. The average Bonchev–Trinajstić information content (AvgIpc) is 2.28. The van der Waals surface area contributed by atoms with Crippen LogP contribution in [0.2, 0.25) is 0 Å². The van der Waals surface area contributed by atoms with Crippen LogP contribution >= 0.6 is 0 Å². The lowest BCUT2D eigenvalue weighted by Crippen LogP contribution is -2.17. The normalized spacial score (nSPS) is 12.6. The topological polar surface area (TPSA) is 47.0 Å². The smallest absolute Gasteiger partial charge is 0.222 e. The molecule has 0 aliphatic carbocycles. The summed E-state index contributed by atoms with van der Waals surface area (Å²) >= 11 is 0. The molecule has 0 spiro atoms. The van der Waals surface area contributed by atoms with Gasteiger partial charge in [-0.1, -0.05) is 20.8 Å². The van der Waals surface area contributed by atoms with Crippen LogP contribution in [0.1, 0.15) is 46.6 Å². The molecule has 1 rings (SSSR count). The van der Waals surface area contributed by atoms with Crippen molar-refractivity contribution in [1.82, 2.24) is 9.97 Å². The molecular weight excluding hydrogens is 226 g/mol. The zero-order chi connectivity index (χ0) is 13.5. The largest absolute Gasteiger partial charge is 0.474 e. The molecule has 0 amide bonds. The highest BCUT2D eigenvalue weighted by molar-refractivity contribution is 5.48. The fourth-order valence-corrected chi connectivity index (χ4v) is 2.04. The first-order valence-corrected chi connectivity index (χ1v) is 6.82. The molecule has 1 atom stereocenters. The van der Waals surface area contributed by atoms with Crippen LogP contribution in [0.25, 0.3) is 0 Å². The van der Waals surface area contributed by atoms with E-state index in [9.17, 15) is 0 Å². The first kappa shape index (κ1) is 14.7. The predicted molar refractivity (Wildman–Crippen MR) is 75.1 cm³/mol. The van der Waals surface area contributed by atoms with Gasteiger partial charge in [-0.05, 0) is 32.6 Å². The molecule has 1 aromatic heterocycles. The summed E-state index contributed by atoms with van der Waals surface area (Å²) in [5, 5.41) is 3.25. The Hall–Kier alpha value is -1.32. The Balaban J connectivity index is 2.84. The number of rotatable bonds is 7. The molecule has 1 aromatic rings. The van der Waals surface area contributed by atoms with Gasteiger partial charge in [0.25, 0.3) is 0 Å². The number of hydrogen-bond donors (Lipinski definition) is 1. The lowest BCUT2D eigenvalue weighted by molar-refractivity contribution is 0.183. The van der Waals surface area contributed by atoms with E-state index in [4.69, 9.17) is 4.74 Å².